The van der Waals surface area contributed by atoms with Gasteiger partial charge in [-0.1, -0.05) is 37.6 Å². The van der Waals surface area contributed by atoms with Gasteiger partial charge in [0.1, 0.15) is 10.8 Å². The van der Waals surface area contributed by atoms with E-state index >= 15 is 0 Å². The predicted molar refractivity (Wildman–Crippen MR) is 137 cm³/mol. The van der Waals surface area contributed by atoms with Crippen LogP contribution in [0.4, 0.5) is 5.69 Å². The fraction of sp³-hybridized carbons (Fsp3) is 0.320. The van der Waals surface area contributed by atoms with Crippen LogP contribution in [-0.2, 0) is 27.7 Å². The molecule has 2 aromatic carbocycles. The number of rotatable bonds is 7. The van der Waals surface area contributed by atoms with Crippen molar-refractivity contribution in [1.29, 1.82) is 0 Å². The molecule has 0 fully saturated rings. The highest BCUT2D eigenvalue weighted by Crippen LogP contribution is 2.24. The largest absolute Gasteiger partial charge is 0.326 e. The summed E-state index contributed by atoms with van der Waals surface area (Å²) in [7, 11) is -3.70. The van der Waals surface area contributed by atoms with Gasteiger partial charge < -0.3 is 5.32 Å². The van der Waals surface area contributed by atoms with Gasteiger partial charge in [0.05, 0.1) is 17.0 Å². The van der Waals surface area contributed by atoms with Crippen LogP contribution in [0.25, 0.3) is 10.6 Å². The quantitative estimate of drug-likeness (QED) is 0.490. The maximum atomic E-state index is 12.7. The number of aliphatic imine (C=N–C) groups is 1. The molecule has 0 saturated carbocycles. The lowest BCUT2D eigenvalue weighted by Gasteiger charge is -2.10. The summed E-state index contributed by atoms with van der Waals surface area (Å²) < 4.78 is 27.9. The van der Waals surface area contributed by atoms with Crippen LogP contribution in [0.15, 0.2) is 63.8 Å². The maximum Gasteiger partial charge on any atom is 0.262 e. The van der Waals surface area contributed by atoms with E-state index in [0.717, 1.165) is 36.3 Å². The minimum Gasteiger partial charge on any atom is -0.326 e. The van der Waals surface area contributed by atoms with Crippen molar-refractivity contribution in [3.8, 4) is 10.6 Å². The minimum atomic E-state index is -3.70. The third kappa shape index (κ3) is 6.30. The van der Waals surface area contributed by atoms with Gasteiger partial charge in [0.15, 0.2) is 0 Å². The molecule has 1 aromatic heterocycles. The van der Waals surface area contributed by atoms with Crippen LogP contribution in [0.1, 0.15) is 43.9 Å². The number of benzene rings is 2. The van der Waals surface area contributed by atoms with E-state index in [1.54, 1.807) is 12.1 Å². The molecule has 2 heterocycles. The fourth-order valence-electron chi connectivity index (χ4n) is 3.66. The van der Waals surface area contributed by atoms with Crippen LogP contribution >= 0.6 is 11.3 Å². The van der Waals surface area contributed by atoms with Crippen molar-refractivity contribution in [2.75, 3.05) is 11.9 Å². The van der Waals surface area contributed by atoms with E-state index in [2.05, 4.69) is 51.2 Å². The van der Waals surface area contributed by atoms with Gasteiger partial charge in [-0.25, -0.2) is 13.4 Å². The zero-order valence-electron chi connectivity index (χ0n) is 19.1. The van der Waals surface area contributed by atoms with E-state index in [-0.39, 0.29) is 17.2 Å². The topological polar surface area (TPSA) is 101 Å². The second-order valence-corrected chi connectivity index (χ2v) is 10.7. The van der Waals surface area contributed by atoms with Crippen molar-refractivity contribution >= 4 is 38.8 Å². The Kier molecular flexibility index (Phi) is 7.74. The average molecular weight is 497 g/mol. The highest BCUT2D eigenvalue weighted by Gasteiger charge is 2.17. The van der Waals surface area contributed by atoms with E-state index in [9.17, 15) is 13.2 Å². The standard InChI is InChI=1S/C25H28N4O3S2/c1-2-18-7-9-19(10-8-18)25-28-21(17-33-25)16-24(30)27-20-11-13-22(14-12-20)34(31,32)29-23-6-4-3-5-15-26-23/h7-14,17H,2-6,15-16H2,1H3,(H,26,29)(H,27,30). The lowest BCUT2D eigenvalue weighted by molar-refractivity contribution is -0.115. The Morgan fingerprint density at radius 2 is 1.79 bits per heavy atom. The van der Waals surface area contributed by atoms with E-state index < -0.39 is 10.0 Å². The number of carbonyl (C=O) groups excluding carboxylic acids is 1. The first-order valence-electron chi connectivity index (χ1n) is 11.4. The first-order chi connectivity index (χ1) is 16.4. The molecule has 9 heteroatoms. The van der Waals surface area contributed by atoms with E-state index in [1.807, 2.05) is 5.38 Å². The van der Waals surface area contributed by atoms with Gasteiger partial charge in [0.2, 0.25) is 5.91 Å². The molecular weight excluding hydrogens is 468 g/mol. The predicted octanol–water partition coefficient (Wildman–Crippen LogP) is 4.80. The molecule has 0 radical (unpaired) electrons. The summed E-state index contributed by atoms with van der Waals surface area (Å²) in [6, 6.07) is 14.4. The molecule has 1 aliphatic rings. The number of nitrogens with zero attached hydrogens (tertiary/aromatic N) is 2. The van der Waals surface area contributed by atoms with Crippen molar-refractivity contribution in [2.24, 2.45) is 4.99 Å². The molecule has 3 aromatic rings. The van der Waals surface area contributed by atoms with E-state index in [4.69, 9.17) is 0 Å². The number of amides is 1. The van der Waals surface area contributed by atoms with E-state index in [0.29, 0.717) is 30.2 Å². The van der Waals surface area contributed by atoms with Gasteiger partial charge in [-0.2, -0.15) is 0 Å². The molecule has 0 saturated heterocycles. The smallest absolute Gasteiger partial charge is 0.262 e. The molecule has 2 N–H and O–H groups in total. The van der Waals surface area contributed by atoms with Crippen LogP contribution in [0, 0.1) is 0 Å². The normalized spacial score (nSPS) is 14.2. The summed E-state index contributed by atoms with van der Waals surface area (Å²) >= 11 is 1.51. The second kappa shape index (κ2) is 10.9. The van der Waals surface area contributed by atoms with Crippen LogP contribution < -0.4 is 10.0 Å². The molecule has 1 amide bonds. The molecule has 178 valence electrons. The van der Waals surface area contributed by atoms with Crippen LogP contribution in [-0.4, -0.2) is 31.7 Å². The second-order valence-electron chi connectivity index (χ2n) is 8.19. The lowest BCUT2D eigenvalue weighted by atomic mass is 10.1. The molecule has 7 nitrogen and oxygen atoms in total. The summed E-state index contributed by atoms with van der Waals surface area (Å²) in [5, 5.41) is 5.58. The Morgan fingerprint density at radius 1 is 1.03 bits per heavy atom. The van der Waals surface area contributed by atoms with Crippen LogP contribution in [0.5, 0.6) is 0 Å². The number of anilines is 1. The summed E-state index contributed by atoms with van der Waals surface area (Å²) in [6.07, 6.45) is 4.73. The lowest BCUT2D eigenvalue weighted by Crippen LogP contribution is -2.30. The number of amidine groups is 1. The highest BCUT2D eigenvalue weighted by molar-refractivity contribution is 7.90. The Balaban J connectivity index is 1.34. The van der Waals surface area contributed by atoms with Crippen molar-refractivity contribution in [3.63, 3.8) is 0 Å². The SMILES string of the molecule is CCc1ccc(-c2nc(CC(=O)Nc3ccc(S(=O)(=O)NC4=NCCCCC4)cc3)cs2)cc1. The number of thiazole rings is 1. The van der Waals surface area contributed by atoms with Gasteiger partial charge >= 0.3 is 0 Å². The number of sulfonamides is 1. The molecule has 0 aliphatic carbocycles. The summed E-state index contributed by atoms with van der Waals surface area (Å²) in [5.41, 5.74) is 3.53. The zero-order valence-corrected chi connectivity index (χ0v) is 20.7. The molecule has 0 spiro atoms. The summed E-state index contributed by atoms with van der Waals surface area (Å²) in [5.74, 6) is 0.304. The molecule has 0 unspecified atom stereocenters. The third-order valence-corrected chi connectivity index (χ3v) is 7.91. The summed E-state index contributed by atoms with van der Waals surface area (Å²) in [4.78, 5) is 21.5. The van der Waals surface area contributed by atoms with Gasteiger partial charge in [-0.05, 0) is 49.1 Å². The zero-order chi connectivity index (χ0) is 24.0. The first kappa shape index (κ1) is 24.1. The number of nitrogens with one attached hydrogen (secondary N) is 2. The van der Waals surface area contributed by atoms with Crippen LogP contribution in [0.2, 0.25) is 0 Å². The van der Waals surface area contributed by atoms with E-state index in [1.165, 1.54) is 29.0 Å². The Morgan fingerprint density at radius 3 is 2.53 bits per heavy atom. The number of hydrogen-bond acceptors (Lipinski definition) is 6. The molecule has 1 aliphatic heterocycles. The van der Waals surface area contributed by atoms with Gasteiger partial charge in [-0.15, -0.1) is 11.3 Å². The van der Waals surface area contributed by atoms with Crippen molar-refractivity contribution in [3.05, 3.63) is 65.2 Å². The molecular formula is C25H28N4O3S2. The van der Waals surface area contributed by atoms with Crippen molar-refractivity contribution in [2.45, 2.75) is 50.3 Å². The van der Waals surface area contributed by atoms with Gasteiger partial charge in [0.25, 0.3) is 10.0 Å². The number of carbonyl (C=O) groups is 1. The number of hydrogen-bond donors (Lipinski definition) is 2. The van der Waals surface area contributed by atoms with Gasteiger partial charge in [-0.3, -0.25) is 14.5 Å². The third-order valence-electron chi connectivity index (χ3n) is 5.58. The van der Waals surface area contributed by atoms with Crippen molar-refractivity contribution < 1.29 is 13.2 Å². The Labute approximate surface area is 204 Å². The maximum absolute atomic E-state index is 12.7. The Hall–Kier alpha value is -3.04. The molecule has 0 bridgehead atoms. The molecule has 4 rings (SSSR count). The minimum absolute atomic E-state index is 0.135. The van der Waals surface area contributed by atoms with Crippen LogP contribution in [0.3, 0.4) is 0 Å². The number of aromatic nitrogens is 1. The first-order valence-corrected chi connectivity index (χ1v) is 13.8. The highest BCUT2D eigenvalue weighted by atomic mass is 32.2. The molecule has 0 atom stereocenters. The average Bonchev–Trinajstić information content (AvgIpc) is 3.14. The number of aryl methyl sites for hydroxylation is 1. The monoisotopic (exact) mass is 496 g/mol. The van der Waals surface area contributed by atoms with Crippen molar-refractivity contribution in [1.82, 2.24) is 9.71 Å². The Bertz CT molecular complexity index is 1260. The molecule has 34 heavy (non-hydrogen) atoms. The summed E-state index contributed by atoms with van der Waals surface area (Å²) in [6.45, 7) is 2.76. The fourth-order valence-corrected chi connectivity index (χ4v) is 5.58. The van der Waals surface area contributed by atoms with Gasteiger partial charge in [0, 0.05) is 29.6 Å².